The number of hydrogen-bond acceptors (Lipinski definition) is 10. The number of hydroxylamine groups is 1. The zero-order valence-electron chi connectivity index (χ0n) is 26.5. The molecule has 3 saturated heterocycles. The van der Waals surface area contributed by atoms with Crippen molar-refractivity contribution in [3.05, 3.63) is 73.1 Å². The van der Waals surface area contributed by atoms with Gasteiger partial charge in [-0.05, 0) is 30.5 Å². The van der Waals surface area contributed by atoms with Crippen LogP contribution < -0.4 is 25.3 Å². The highest BCUT2D eigenvalue weighted by atomic mass is 16.7. The SMILES string of the molecule is C=CC(=O)Nc1cc(Nc2cc(N3OCC[C@@H]3c3ccccc3)ncn2)c(OC)cc1N1CCC(N2CCN(C(C)=O)CC2)CC1. The average molecular weight is 627 g/mol. The molecule has 1 aromatic heterocycles. The third-order valence-electron chi connectivity index (χ3n) is 9.07. The second-order valence-corrected chi connectivity index (χ2v) is 11.8. The van der Waals surface area contributed by atoms with Crippen LogP contribution in [0.4, 0.5) is 28.7 Å². The highest BCUT2D eigenvalue weighted by Crippen LogP contribution is 2.40. The van der Waals surface area contributed by atoms with Gasteiger partial charge in [0.25, 0.3) is 0 Å². The number of carbonyl (C=O) groups is 2. The Morgan fingerprint density at radius 3 is 2.43 bits per heavy atom. The minimum atomic E-state index is -0.293. The molecule has 0 unspecified atom stereocenters. The molecule has 0 aliphatic carbocycles. The number of aromatic nitrogens is 2. The lowest BCUT2D eigenvalue weighted by atomic mass is 10.0. The number of benzene rings is 2. The summed E-state index contributed by atoms with van der Waals surface area (Å²) in [6.07, 6.45) is 5.61. The molecule has 3 aliphatic heterocycles. The number of nitrogens with zero attached hydrogens (tertiary/aromatic N) is 6. The molecular formula is C34H42N8O4. The van der Waals surface area contributed by atoms with Crippen LogP contribution >= 0.6 is 0 Å². The molecule has 3 fully saturated rings. The van der Waals surface area contributed by atoms with Gasteiger partial charge in [0.05, 0.1) is 36.8 Å². The molecule has 4 heterocycles. The monoisotopic (exact) mass is 626 g/mol. The fourth-order valence-corrected chi connectivity index (χ4v) is 6.60. The predicted molar refractivity (Wildman–Crippen MR) is 178 cm³/mol. The van der Waals surface area contributed by atoms with Gasteiger partial charge in [0.1, 0.15) is 17.9 Å². The molecule has 0 saturated carbocycles. The Hall–Kier alpha value is -4.68. The van der Waals surface area contributed by atoms with Crippen molar-refractivity contribution in [3.8, 4) is 5.75 Å². The molecule has 242 valence electrons. The second-order valence-electron chi connectivity index (χ2n) is 11.8. The van der Waals surface area contributed by atoms with E-state index in [9.17, 15) is 9.59 Å². The minimum Gasteiger partial charge on any atom is -0.494 e. The van der Waals surface area contributed by atoms with Crippen LogP contribution in [0.3, 0.4) is 0 Å². The lowest BCUT2D eigenvalue weighted by molar-refractivity contribution is -0.131. The number of anilines is 5. The van der Waals surface area contributed by atoms with Crippen LogP contribution in [0.5, 0.6) is 5.75 Å². The van der Waals surface area contributed by atoms with Crippen molar-refractivity contribution in [2.45, 2.75) is 38.3 Å². The van der Waals surface area contributed by atoms with Gasteiger partial charge in [-0.2, -0.15) is 0 Å². The number of carbonyl (C=O) groups excluding carboxylic acids is 2. The second kappa shape index (κ2) is 14.2. The van der Waals surface area contributed by atoms with E-state index in [1.54, 1.807) is 14.0 Å². The van der Waals surface area contributed by atoms with E-state index in [1.165, 1.54) is 12.4 Å². The van der Waals surface area contributed by atoms with Crippen molar-refractivity contribution >= 4 is 40.5 Å². The number of nitrogens with one attached hydrogen (secondary N) is 2. The molecule has 12 nitrogen and oxygen atoms in total. The van der Waals surface area contributed by atoms with Crippen molar-refractivity contribution in [1.29, 1.82) is 0 Å². The summed E-state index contributed by atoms with van der Waals surface area (Å²) in [5, 5.41) is 8.22. The van der Waals surface area contributed by atoms with Gasteiger partial charge in [-0.3, -0.25) is 19.3 Å². The van der Waals surface area contributed by atoms with Crippen LogP contribution in [0.2, 0.25) is 0 Å². The fourth-order valence-electron chi connectivity index (χ4n) is 6.60. The van der Waals surface area contributed by atoms with Gasteiger partial charge < -0.3 is 25.2 Å². The van der Waals surface area contributed by atoms with E-state index in [0.717, 1.165) is 69.8 Å². The Bertz CT molecular complexity index is 1540. The average Bonchev–Trinajstić information content (AvgIpc) is 3.59. The zero-order chi connectivity index (χ0) is 32.0. The highest BCUT2D eigenvalue weighted by molar-refractivity contribution is 6.02. The van der Waals surface area contributed by atoms with Crippen LogP contribution in [0, 0.1) is 0 Å². The maximum Gasteiger partial charge on any atom is 0.247 e. The molecule has 0 bridgehead atoms. The van der Waals surface area contributed by atoms with Gasteiger partial charge in [-0.15, -0.1) is 0 Å². The van der Waals surface area contributed by atoms with E-state index in [4.69, 9.17) is 9.57 Å². The molecule has 0 spiro atoms. The van der Waals surface area contributed by atoms with Gasteiger partial charge in [-0.1, -0.05) is 36.9 Å². The molecule has 1 atom stereocenters. The van der Waals surface area contributed by atoms with Crippen LogP contribution in [0.15, 0.2) is 67.5 Å². The van der Waals surface area contributed by atoms with Crippen LogP contribution in [0.1, 0.15) is 37.8 Å². The number of rotatable bonds is 9. The van der Waals surface area contributed by atoms with E-state index in [-0.39, 0.29) is 17.9 Å². The minimum absolute atomic E-state index is 0.0489. The van der Waals surface area contributed by atoms with Gasteiger partial charge in [0.2, 0.25) is 11.8 Å². The Morgan fingerprint density at radius 2 is 1.74 bits per heavy atom. The Kier molecular flexibility index (Phi) is 9.65. The van der Waals surface area contributed by atoms with Crippen molar-refractivity contribution in [1.82, 2.24) is 19.8 Å². The summed E-state index contributed by atoms with van der Waals surface area (Å²) in [6, 6.07) is 16.4. The normalized spacial score (nSPS) is 19.2. The van der Waals surface area contributed by atoms with E-state index in [1.807, 2.05) is 46.4 Å². The van der Waals surface area contributed by atoms with Crippen molar-refractivity contribution in [2.24, 2.45) is 0 Å². The number of methoxy groups -OCH3 is 1. The lowest BCUT2D eigenvalue weighted by Crippen LogP contribution is -2.54. The number of amides is 2. The largest absolute Gasteiger partial charge is 0.494 e. The topological polar surface area (TPSA) is 115 Å². The number of piperazine rings is 1. The molecule has 3 aliphatic rings. The quantitative estimate of drug-likeness (QED) is 0.332. The van der Waals surface area contributed by atoms with Crippen molar-refractivity contribution in [3.63, 3.8) is 0 Å². The number of piperidine rings is 1. The molecular weight excluding hydrogens is 584 g/mol. The first-order chi connectivity index (χ1) is 22.4. The molecule has 2 N–H and O–H groups in total. The van der Waals surface area contributed by atoms with E-state index in [0.29, 0.717) is 41.4 Å². The predicted octanol–water partition coefficient (Wildman–Crippen LogP) is 4.37. The zero-order valence-corrected chi connectivity index (χ0v) is 26.5. The first-order valence-corrected chi connectivity index (χ1v) is 15.9. The van der Waals surface area contributed by atoms with Crippen LogP contribution in [0.25, 0.3) is 0 Å². The molecule has 12 heteroatoms. The molecule has 2 amide bonds. The first kappa shape index (κ1) is 31.3. The maximum absolute atomic E-state index is 12.5. The van der Waals surface area contributed by atoms with Crippen LogP contribution in [-0.4, -0.2) is 90.6 Å². The summed E-state index contributed by atoms with van der Waals surface area (Å²) in [5.41, 5.74) is 3.35. The Morgan fingerprint density at radius 1 is 0.978 bits per heavy atom. The third-order valence-corrected chi connectivity index (χ3v) is 9.07. The molecule has 6 rings (SSSR count). The summed E-state index contributed by atoms with van der Waals surface area (Å²) in [5.74, 6) is 1.68. The van der Waals surface area contributed by atoms with E-state index >= 15 is 0 Å². The summed E-state index contributed by atoms with van der Waals surface area (Å²) in [7, 11) is 1.63. The molecule has 2 aromatic carbocycles. The van der Waals surface area contributed by atoms with Crippen LogP contribution in [-0.2, 0) is 14.4 Å². The highest BCUT2D eigenvalue weighted by Gasteiger charge is 2.31. The standard InChI is InChI=1S/C34H42N8O4/c1-4-34(44)38-27-20-28(37-32-22-33(36-23-35-32)42-29(12-19-46-42)25-8-6-5-7-9-25)31(45-3)21-30(27)41-13-10-26(11-14-41)40-17-15-39(16-18-40)24(2)43/h4-9,20-23,26,29H,1,10-19H2,2-3H3,(H,38,44)(H,35,36,37)/t29-/m1/s1. The molecule has 0 radical (unpaired) electrons. The van der Waals surface area contributed by atoms with E-state index in [2.05, 4.69) is 49.1 Å². The summed E-state index contributed by atoms with van der Waals surface area (Å²) in [4.78, 5) is 46.0. The number of ether oxygens (including phenoxy) is 1. The van der Waals surface area contributed by atoms with E-state index < -0.39 is 0 Å². The lowest BCUT2D eigenvalue weighted by Gasteiger charge is -2.43. The smallest absolute Gasteiger partial charge is 0.247 e. The van der Waals surface area contributed by atoms with Gasteiger partial charge in [0.15, 0.2) is 5.82 Å². The summed E-state index contributed by atoms with van der Waals surface area (Å²) < 4.78 is 5.84. The maximum atomic E-state index is 12.5. The molecule has 46 heavy (non-hydrogen) atoms. The van der Waals surface area contributed by atoms with Crippen molar-refractivity contribution < 1.29 is 19.2 Å². The molecule has 3 aromatic rings. The summed E-state index contributed by atoms with van der Waals surface area (Å²) >= 11 is 0. The first-order valence-electron chi connectivity index (χ1n) is 15.9. The van der Waals surface area contributed by atoms with Gasteiger partial charge in [0, 0.05) is 70.8 Å². The summed E-state index contributed by atoms with van der Waals surface area (Å²) in [6.45, 7) is 10.9. The Balaban J connectivity index is 1.20. The number of hydrogen-bond donors (Lipinski definition) is 2. The van der Waals surface area contributed by atoms with Crippen molar-refractivity contribution in [2.75, 3.05) is 73.6 Å². The third kappa shape index (κ3) is 6.92. The van der Waals surface area contributed by atoms with Gasteiger partial charge >= 0.3 is 0 Å². The fraction of sp³-hybridized carbons (Fsp3) is 0.412. The Labute approximate surface area is 269 Å². The van der Waals surface area contributed by atoms with Gasteiger partial charge in [-0.25, -0.2) is 15.0 Å².